The van der Waals surface area contributed by atoms with Gasteiger partial charge in [-0.25, -0.2) is 4.79 Å². The molecule has 15 heavy (non-hydrogen) atoms. The molecule has 0 saturated carbocycles. The highest BCUT2D eigenvalue weighted by molar-refractivity contribution is 5.29. The molecule has 2 heteroatoms. The lowest BCUT2D eigenvalue weighted by atomic mass is 9.79. The maximum atomic E-state index is 11.2. The van der Waals surface area contributed by atoms with Gasteiger partial charge in [0, 0.05) is 11.5 Å². The third-order valence-corrected chi connectivity index (χ3v) is 2.32. The van der Waals surface area contributed by atoms with E-state index in [1.807, 2.05) is 6.07 Å². The zero-order valence-corrected chi connectivity index (χ0v) is 10.5. The molecule has 0 spiro atoms. The fourth-order valence-electron chi connectivity index (χ4n) is 1.56. The molecule has 1 heterocycles. The molecule has 0 aromatic carbocycles. The van der Waals surface area contributed by atoms with Crippen LogP contribution >= 0.6 is 0 Å². The van der Waals surface area contributed by atoms with Crippen LogP contribution in [-0.4, -0.2) is 0 Å². The van der Waals surface area contributed by atoms with Crippen LogP contribution in [0.4, 0.5) is 0 Å². The minimum atomic E-state index is -0.270. The van der Waals surface area contributed by atoms with E-state index in [9.17, 15) is 4.79 Å². The smallest absolute Gasteiger partial charge is 0.335 e. The quantitative estimate of drug-likeness (QED) is 0.655. The van der Waals surface area contributed by atoms with Crippen molar-refractivity contribution in [3.63, 3.8) is 0 Å². The van der Waals surface area contributed by atoms with Gasteiger partial charge in [0.05, 0.1) is 0 Å². The summed E-state index contributed by atoms with van der Waals surface area (Å²) in [6.45, 7) is 12.5. The molecule has 0 fully saturated rings. The van der Waals surface area contributed by atoms with Crippen molar-refractivity contribution in [3.05, 3.63) is 33.9 Å². The second-order valence-corrected chi connectivity index (χ2v) is 6.00. The van der Waals surface area contributed by atoms with Crippen molar-refractivity contribution in [2.75, 3.05) is 0 Å². The zero-order chi connectivity index (χ0) is 11.9. The van der Waals surface area contributed by atoms with Crippen molar-refractivity contribution in [1.29, 1.82) is 0 Å². The van der Waals surface area contributed by atoms with Crippen LogP contribution in [0.2, 0.25) is 0 Å². The van der Waals surface area contributed by atoms with Gasteiger partial charge in [-0.15, -0.1) is 0 Å². The van der Waals surface area contributed by atoms with Gasteiger partial charge in [0.1, 0.15) is 5.76 Å². The van der Waals surface area contributed by atoms with Crippen molar-refractivity contribution in [2.24, 2.45) is 0 Å². The summed E-state index contributed by atoms with van der Waals surface area (Å²) in [6, 6.07) is 3.38. The van der Waals surface area contributed by atoms with Gasteiger partial charge in [0.15, 0.2) is 0 Å². The minimum absolute atomic E-state index is 0.000185. The van der Waals surface area contributed by atoms with E-state index in [2.05, 4.69) is 41.5 Å². The van der Waals surface area contributed by atoms with Crippen molar-refractivity contribution in [2.45, 2.75) is 52.4 Å². The second kappa shape index (κ2) is 3.51. The lowest BCUT2D eigenvalue weighted by Crippen LogP contribution is -2.23. The summed E-state index contributed by atoms with van der Waals surface area (Å²) in [4.78, 5) is 11.2. The SMILES string of the molecule is CC(C)(C)c1ccc(=O)oc1C(C)(C)C. The number of hydrogen-bond acceptors (Lipinski definition) is 2. The molecular weight excluding hydrogens is 188 g/mol. The molecule has 2 nitrogen and oxygen atoms in total. The van der Waals surface area contributed by atoms with Gasteiger partial charge in [-0.3, -0.25) is 0 Å². The van der Waals surface area contributed by atoms with Gasteiger partial charge in [0.25, 0.3) is 0 Å². The van der Waals surface area contributed by atoms with E-state index in [1.165, 1.54) is 6.07 Å². The van der Waals surface area contributed by atoms with Crippen LogP contribution in [0.1, 0.15) is 52.9 Å². The van der Waals surface area contributed by atoms with Crippen molar-refractivity contribution in [3.8, 4) is 0 Å². The maximum absolute atomic E-state index is 11.2. The number of hydrogen-bond donors (Lipinski definition) is 0. The summed E-state index contributed by atoms with van der Waals surface area (Å²) in [7, 11) is 0. The second-order valence-electron chi connectivity index (χ2n) is 6.00. The van der Waals surface area contributed by atoms with Crippen LogP contribution in [0.5, 0.6) is 0 Å². The molecule has 0 saturated heterocycles. The first-order chi connectivity index (χ1) is 6.62. The van der Waals surface area contributed by atoms with Crippen molar-refractivity contribution < 1.29 is 4.42 Å². The van der Waals surface area contributed by atoms with E-state index in [0.29, 0.717) is 0 Å². The maximum Gasteiger partial charge on any atom is 0.335 e. The molecule has 0 N–H and O–H groups in total. The zero-order valence-electron chi connectivity index (χ0n) is 10.5. The first-order valence-electron chi connectivity index (χ1n) is 5.27. The van der Waals surface area contributed by atoms with Gasteiger partial charge in [-0.1, -0.05) is 41.5 Å². The highest BCUT2D eigenvalue weighted by atomic mass is 16.4. The Morgan fingerprint density at radius 3 is 1.87 bits per heavy atom. The van der Waals surface area contributed by atoms with Gasteiger partial charge in [0.2, 0.25) is 0 Å². The Morgan fingerprint density at radius 2 is 1.47 bits per heavy atom. The predicted octanol–water partition coefficient (Wildman–Crippen LogP) is 3.23. The summed E-state index contributed by atoms with van der Waals surface area (Å²) >= 11 is 0. The first-order valence-corrected chi connectivity index (χ1v) is 5.27. The Bertz CT molecular complexity index is 400. The van der Waals surface area contributed by atoms with E-state index < -0.39 is 0 Å². The fraction of sp³-hybridized carbons (Fsp3) is 0.615. The third kappa shape index (κ3) is 2.71. The van der Waals surface area contributed by atoms with Gasteiger partial charge < -0.3 is 4.42 Å². The monoisotopic (exact) mass is 208 g/mol. The molecule has 0 aliphatic heterocycles. The van der Waals surface area contributed by atoms with E-state index in [1.54, 1.807) is 0 Å². The number of rotatable bonds is 0. The minimum Gasteiger partial charge on any atom is -0.427 e. The van der Waals surface area contributed by atoms with Gasteiger partial charge in [-0.2, -0.15) is 0 Å². The van der Waals surface area contributed by atoms with Gasteiger partial charge >= 0.3 is 5.63 Å². The van der Waals surface area contributed by atoms with Crippen LogP contribution < -0.4 is 5.63 Å². The molecule has 0 radical (unpaired) electrons. The Labute approximate surface area is 91.3 Å². The molecule has 0 unspecified atom stereocenters. The average Bonchev–Trinajstić information content (AvgIpc) is 2.00. The largest absolute Gasteiger partial charge is 0.427 e. The van der Waals surface area contributed by atoms with E-state index in [0.717, 1.165) is 11.3 Å². The summed E-state index contributed by atoms with van der Waals surface area (Å²) < 4.78 is 5.34. The van der Waals surface area contributed by atoms with Crippen LogP contribution in [0.3, 0.4) is 0 Å². The average molecular weight is 208 g/mol. The third-order valence-electron chi connectivity index (χ3n) is 2.32. The standard InChI is InChI=1S/C13H20O2/c1-12(2,3)9-7-8-10(14)15-11(9)13(4,5)6/h7-8H,1-6H3. The summed E-state index contributed by atoms with van der Waals surface area (Å²) in [5.41, 5.74) is 0.700. The van der Waals surface area contributed by atoms with Crippen LogP contribution in [0, 0.1) is 0 Å². The Hall–Kier alpha value is -1.05. The molecule has 0 aliphatic rings. The summed E-state index contributed by atoms with van der Waals surface area (Å²) in [5.74, 6) is 0.794. The van der Waals surface area contributed by atoms with Gasteiger partial charge in [-0.05, 0) is 17.0 Å². The van der Waals surface area contributed by atoms with E-state index >= 15 is 0 Å². The Balaban J connectivity index is 3.48. The molecule has 1 rings (SSSR count). The van der Waals surface area contributed by atoms with Crippen LogP contribution in [0.25, 0.3) is 0 Å². The molecule has 0 aliphatic carbocycles. The Morgan fingerprint density at radius 1 is 0.933 bits per heavy atom. The fourth-order valence-corrected chi connectivity index (χ4v) is 1.56. The molecule has 84 valence electrons. The normalized spacial score (nSPS) is 12.9. The highest BCUT2D eigenvalue weighted by Gasteiger charge is 2.27. The molecular formula is C13H20O2. The first kappa shape index (κ1) is 12.0. The molecule has 0 bridgehead atoms. The van der Waals surface area contributed by atoms with Crippen LogP contribution in [0.15, 0.2) is 21.3 Å². The summed E-state index contributed by atoms with van der Waals surface area (Å²) in [6.07, 6.45) is 0. The molecule has 0 atom stereocenters. The van der Waals surface area contributed by atoms with Crippen molar-refractivity contribution in [1.82, 2.24) is 0 Å². The predicted molar refractivity (Wildman–Crippen MR) is 62.4 cm³/mol. The van der Waals surface area contributed by atoms with Crippen LogP contribution in [-0.2, 0) is 10.8 Å². The Kier molecular flexibility index (Phi) is 2.81. The highest BCUT2D eigenvalue weighted by Crippen LogP contribution is 2.32. The van der Waals surface area contributed by atoms with E-state index in [-0.39, 0.29) is 16.5 Å². The molecule has 1 aromatic heterocycles. The summed E-state index contributed by atoms with van der Waals surface area (Å²) in [5, 5.41) is 0. The lowest BCUT2D eigenvalue weighted by molar-refractivity contribution is 0.356. The molecule has 0 amide bonds. The molecule has 1 aromatic rings. The van der Waals surface area contributed by atoms with Crippen molar-refractivity contribution >= 4 is 0 Å². The van der Waals surface area contributed by atoms with E-state index in [4.69, 9.17) is 4.42 Å². The lowest BCUT2D eigenvalue weighted by Gasteiger charge is -2.27. The topological polar surface area (TPSA) is 30.2 Å².